The largest absolute Gasteiger partial charge is 0.477 e. The number of esters is 2. The number of nitrogens with one attached hydrogen (secondary N) is 4. The lowest BCUT2D eigenvalue weighted by Crippen LogP contribution is -2.56. The van der Waals surface area contributed by atoms with Gasteiger partial charge in [-0.25, -0.2) is 24.0 Å². The number of likely N-dealkylation sites (N-methyl/N-ethyl adjacent to an activating group) is 5. The summed E-state index contributed by atoms with van der Waals surface area (Å²) in [6.45, 7) is 51.0. The smallest absolute Gasteiger partial charge is 0.408 e. The summed E-state index contributed by atoms with van der Waals surface area (Å²) in [5.74, 6) is 17.5. The van der Waals surface area contributed by atoms with Crippen molar-refractivity contribution in [2.75, 3.05) is 101 Å². The van der Waals surface area contributed by atoms with Crippen molar-refractivity contribution < 1.29 is 86.4 Å². The van der Waals surface area contributed by atoms with Gasteiger partial charge >= 0.3 is 30.1 Å². The molecule has 0 unspecified atom stereocenters. The van der Waals surface area contributed by atoms with Gasteiger partial charge < -0.3 is 75.6 Å². The van der Waals surface area contributed by atoms with Crippen LogP contribution in [-0.2, 0) is 57.3 Å². The van der Waals surface area contributed by atoms with Gasteiger partial charge in [-0.1, -0.05) is 49.4 Å². The molecule has 744 valence electrons. The molecule has 8 fully saturated rings. The zero-order valence-corrected chi connectivity index (χ0v) is 86.7. The highest BCUT2D eigenvalue weighted by molar-refractivity contribution is 7.16. The number of hydrogen-bond acceptors (Lipinski definition) is 22. The molecular weight excluding hydrogens is 1770 g/mol. The van der Waals surface area contributed by atoms with E-state index in [1.807, 2.05) is 118 Å². The first kappa shape index (κ1) is 113. The Morgan fingerprint density at radius 2 is 0.776 bits per heavy atom. The van der Waals surface area contributed by atoms with E-state index in [1.54, 1.807) is 68.4 Å². The molecule has 2 saturated carbocycles. The molecule has 10 amide bonds. The van der Waals surface area contributed by atoms with Gasteiger partial charge in [0, 0.05) is 100 Å². The number of anilines is 3. The standard InChI is InChI=1S/C27H38N2O4S.C26H36N2O4S.C19H26N2O3S.C12H22N2O3.C10H18N2O3.C7H14N2O/c1-7-28-16-8-9-21(25(28)31)29(24(30)19-12-10-18(2)11-13-19)22-17-20(14-15-27(3,4)5)34-23(22)26(32)33-6;1-6-27-15-7-8-20(24(27)30)28(23(29)18-11-9-17(2)10-12-18)21-16-19(13-14-26(3,4)5)33-22(21)25(31)32;1-6-21-11-7-8-14(17(21)22)20-15-12-13(9-10-19(2,3)4)25-16(15)18(23)24-5;1-5-14-8-6-7-9(10(14)15)13-11(16)17-12(2,3)4;1-10(2,3)15-9(14)12-7-5-4-6-11-8(7)13;1-2-9-5-3-4-6(8)7(9)10/h17-19,21H,7-13,16H2,1-6H3;16-18,20H,6-12,15H2,1-5H3,(H,31,32);12,14,20H,6-8,11H2,1-5H3;9H,5-8H2,1-4H3,(H,13,16);7H,4-6H2,1-3H3,(H,11,13)(H,12,14);6H,2-5,8H2,1H3/t18?,19?,21-;17?,18?,20-;14-;9-;7-;6-/m000000/s1. The van der Waals surface area contributed by atoms with E-state index in [1.165, 1.54) is 41.8 Å². The quantitative estimate of drug-likeness (QED) is 0.0391. The second kappa shape index (κ2) is 52.0. The molecule has 8 aliphatic rings. The van der Waals surface area contributed by atoms with E-state index in [-0.39, 0.29) is 92.3 Å². The average molecular weight is 1920 g/mol. The van der Waals surface area contributed by atoms with Crippen LogP contribution in [0.3, 0.4) is 0 Å². The van der Waals surface area contributed by atoms with Crippen molar-refractivity contribution in [2.24, 2.45) is 45.7 Å². The van der Waals surface area contributed by atoms with Crippen molar-refractivity contribution in [1.82, 2.24) is 40.4 Å². The summed E-state index contributed by atoms with van der Waals surface area (Å²) in [6, 6.07) is 2.65. The molecule has 2 aliphatic carbocycles. The fourth-order valence-corrected chi connectivity index (χ4v) is 19.1. The molecule has 7 N–H and O–H groups in total. The minimum Gasteiger partial charge on any atom is -0.477 e. The number of carbonyl (C=O) groups excluding carboxylic acids is 12. The third-order valence-corrected chi connectivity index (χ3v) is 26.7. The zero-order valence-electron chi connectivity index (χ0n) is 84.2. The molecule has 30 nitrogen and oxygen atoms in total. The Kier molecular flexibility index (Phi) is 43.8. The number of carbonyl (C=O) groups is 13. The second-order valence-electron chi connectivity index (χ2n) is 40.6. The van der Waals surface area contributed by atoms with Gasteiger partial charge in [-0.05, 0) is 297 Å². The Labute approximate surface area is 808 Å². The fourth-order valence-electron chi connectivity index (χ4n) is 16.5. The summed E-state index contributed by atoms with van der Waals surface area (Å²) in [4.78, 5) is 177. The van der Waals surface area contributed by atoms with Gasteiger partial charge in [0.25, 0.3) is 0 Å². The van der Waals surface area contributed by atoms with Crippen LogP contribution < -0.4 is 36.8 Å². The predicted octanol–water partition coefficient (Wildman–Crippen LogP) is 15.7. The first-order valence-corrected chi connectivity index (χ1v) is 50.5. The molecule has 0 aromatic carbocycles. The van der Waals surface area contributed by atoms with E-state index in [0.717, 1.165) is 145 Å². The van der Waals surface area contributed by atoms with E-state index < -0.39 is 65.5 Å². The number of carboxylic acid groups (broad SMARTS) is 1. The van der Waals surface area contributed by atoms with E-state index in [2.05, 4.69) is 70.6 Å². The third kappa shape index (κ3) is 35.4. The summed E-state index contributed by atoms with van der Waals surface area (Å²) in [6.07, 6.45) is 15.6. The maximum atomic E-state index is 14.0. The SMILES string of the molecule is CC(C)(C)OC(=O)N[C@H]1CCCNC1=O.CCN1CCC[C@H](N(C(=O)C2CCC(C)CC2)c2cc(C#CC(C)(C)C)sc2C(=O)O)C1=O.CCN1CCC[C@H](N(C(=O)C2CCC(C)CC2)c2cc(C#CC(C)(C)C)sc2C(=O)OC)C1=O.CCN1CCC[C@H](N)C1=O.CCN1CCC[C@H](NC(=O)OC(C)(C)C)C1=O.CCN1CCC[C@H](Nc2cc(C#CC(C)(C)C)sc2C(=O)OC)C1=O. The van der Waals surface area contributed by atoms with Gasteiger partial charge in [0.05, 0.1) is 52.0 Å². The molecule has 9 heterocycles. The monoisotopic (exact) mass is 1920 g/mol. The van der Waals surface area contributed by atoms with Gasteiger partial charge in [-0.3, -0.25) is 48.2 Å². The highest BCUT2D eigenvalue weighted by Gasteiger charge is 2.45. The topological polar surface area (TPSA) is 376 Å². The van der Waals surface area contributed by atoms with Gasteiger partial charge in [-0.2, -0.15) is 0 Å². The predicted molar refractivity (Wildman–Crippen MR) is 528 cm³/mol. The summed E-state index contributed by atoms with van der Waals surface area (Å²) in [5.41, 5.74) is 5.35. The Morgan fingerprint density at radius 1 is 0.440 bits per heavy atom. The number of hydrogen-bond donors (Lipinski definition) is 6. The highest BCUT2D eigenvalue weighted by atomic mass is 32.1. The van der Waals surface area contributed by atoms with Crippen molar-refractivity contribution in [3.8, 4) is 35.5 Å². The first-order valence-electron chi connectivity index (χ1n) is 48.1. The summed E-state index contributed by atoms with van der Waals surface area (Å²) >= 11 is 3.61. The molecule has 6 atom stereocenters. The molecule has 6 aliphatic heterocycles. The number of rotatable bonds is 18. The number of piperidine rings is 6. The molecule has 0 bridgehead atoms. The molecule has 6 saturated heterocycles. The number of ether oxygens (including phenoxy) is 4. The van der Waals surface area contributed by atoms with Crippen molar-refractivity contribution in [3.05, 3.63) is 47.5 Å². The van der Waals surface area contributed by atoms with E-state index >= 15 is 0 Å². The molecule has 3 aromatic heterocycles. The molecule has 134 heavy (non-hydrogen) atoms. The van der Waals surface area contributed by atoms with Crippen LogP contribution in [0, 0.1) is 75.4 Å². The summed E-state index contributed by atoms with van der Waals surface area (Å²) in [5, 5.41) is 21.1. The van der Waals surface area contributed by atoms with Gasteiger partial charge in [0.2, 0.25) is 47.3 Å². The van der Waals surface area contributed by atoms with E-state index in [9.17, 15) is 67.4 Å². The van der Waals surface area contributed by atoms with Gasteiger partial charge in [0.15, 0.2) is 0 Å². The Hall–Kier alpha value is -9.75. The maximum Gasteiger partial charge on any atom is 0.408 e. The highest BCUT2D eigenvalue weighted by Crippen LogP contribution is 2.42. The second-order valence-corrected chi connectivity index (χ2v) is 43.7. The lowest BCUT2D eigenvalue weighted by molar-refractivity contribution is -0.137. The van der Waals surface area contributed by atoms with Crippen LogP contribution in [0.4, 0.5) is 26.7 Å². The van der Waals surface area contributed by atoms with Crippen LogP contribution in [0.1, 0.15) is 324 Å². The van der Waals surface area contributed by atoms with Crippen LogP contribution in [0.2, 0.25) is 0 Å². The van der Waals surface area contributed by atoms with Crippen molar-refractivity contribution in [2.45, 2.75) is 328 Å². The Morgan fingerprint density at radius 3 is 1.16 bits per heavy atom. The number of alkyl carbamates (subject to hydrolysis) is 2. The molecule has 33 heteroatoms. The van der Waals surface area contributed by atoms with E-state index in [4.69, 9.17) is 24.7 Å². The molecule has 3 aromatic rings. The normalized spacial score (nSPS) is 22.2. The first-order chi connectivity index (χ1) is 62.8. The third-order valence-electron chi connectivity index (χ3n) is 23.7. The number of carboxylic acids is 1. The summed E-state index contributed by atoms with van der Waals surface area (Å²) < 4.78 is 20.1. The van der Waals surface area contributed by atoms with Crippen LogP contribution in [0.5, 0.6) is 0 Å². The fraction of sp³-hybridized carbons (Fsp3) is 0.693. The number of nitrogens with zero attached hydrogens (tertiary/aromatic N) is 7. The molecule has 11 rings (SSSR count). The molecule has 0 radical (unpaired) electrons. The number of amides is 10. The minimum atomic E-state index is -1.09. The maximum absolute atomic E-state index is 14.0. The Bertz CT molecular complexity index is 4720. The van der Waals surface area contributed by atoms with Crippen LogP contribution in [0.15, 0.2) is 18.2 Å². The molecule has 0 spiro atoms. The average Bonchev–Trinajstić information content (AvgIpc) is 1.58. The van der Waals surface area contributed by atoms with Crippen LogP contribution in [-0.4, -0.2) is 241 Å². The van der Waals surface area contributed by atoms with Gasteiger partial charge in [-0.15, -0.1) is 34.0 Å². The zero-order chi connectivity index (χ0) is 100. The lowest BCUT2D eigenvalue weighted by atomic mass is 9.82. The number of thiophene rings is 3. The summed E-state index contributed by atoms with van der Waals surface area (Å²) in [7, 11) is 2.70. The number of methoxy groups -OCH3 is 2. The number of aromatic carboxylic acids is 1. The lowest BCUT2D eigenvalue weighted by Gasteiger charge is -2.40. The van der Waals surface area contributed by atoms with Gasteiger partial charge in [0.1, 0.15) is 56.0 Å². The van der Waals surface area contributed by atoms with E-state index in [0.29, 0.717) is 120 Å². The number of likely N-dealkylation sites (tertiary alicyclic amines) is 5. The van der Waals surface area contributed by atoms with Crippen LogP contribution >= 0.6 is 34.0 Å². The van der Waals surface area contributed by atoms with Crippen molar-refractivity contribution >= 4 is 128 Å². The van der Waals surface area contributed by atoms with Crippen molar-refractivity contribution in [1.29, 1.82) is 0 Å². The minimum absolute atomic E-state index is 0.00962. The van der Waals surface area contributed by atoms with Crippen LogP contribution in [0.25, 0.3) is 0 Å². The van der Waals surface area contributed by atoms with Crippen molar-refractivity contribution in [3.63, 3.8) is 0 Å². The number of nitrogens with two attached hydrogens (primary N) is 1. The molecular formula is C101H154N12O18S3. The Balaban J connectivity index is 0.000000258.